The van der Waals surface area contributed by atoms with Crippen molar-refractivity contribution in [3.63, 3.8) is 0 Å². The largest absolute Gasteiger partial charge is 0.464 e. The Morgan fingerprint density at radius 3 is 2.60 bits per heavy atom. The van der Waals surface area contributed by atoms with Gasteiger partial charge < -0.3 is 4.74 Å². The van der Waals surface area contributed by atoms with Crippen molar-refractivity contribution in [3.8, 4) is 0 Å². The Balaban J connectivity index is 2.21. The van der Waals surface area contributed by atoms with Crippen molar-refractivity contribution in [2.75, 3.05) is 12.4 Å². The highest BCUT2D eigenvalue weighted by Gasteiger charge is 2.17. The van der Waals surface area contributed by atoms with E-state index >= 15 is 0 Å². The molecule has 1 amide bonds. The third-order valence-corrected chi connectivity index (χ3v) is 3.67. The van der Waals surface area contributed by atoms with E-state index in [-0.39, 0.29) is 11.6 Å². The lowest BCUT2D eigenvalue weighted by Crippen LogP contribution is -2.13. The highest BCUT2D eigenvalue weighted by Crippen LogP contribution is 2.23. The minimum Gasteiger partial charge on any atom is -0.464 e. The van der Waals surface area contributed by atoms with Gasteiger partial charge in [0.25, 0.3) is 5.91 Å². The molecule has 1 aromatic carbocycles. The first-order valence-electron chi connectivity index (χ1n) is 5.95. The number of aromatic nitrogens is 1. The minimum absolute atomic E-state index is 0.234. The van der Waals surface area contributed by atoms with Crippen molar-refractivity contribution in [2.45, 2.75) is 13.8 Å². The van der Waals surface area contributed by atoms with Crippen LogP contribution in [0.3, 0.4) is 0 Å². The Hall–Kier alpha value is -2.21. The maximum Gasteiger partial charge on any atom is 0.357 e. The van der Waals surface area contributed by atoms with Crippen LogP contribution in [0.15, 0.2) is 24.3 Å². The molecule has 1 N–H and O–H groups in total. The number of nitrogens with zero attached hydrogens (tertiary/aromatic N) is 1. The van der Waals surface area contributed by atoms with Gasteiger partial charge in [-0.3, -0.25) is 10.1 Å². The molecular weight excluding hydrogens is 276 g/mol. The van der Waals surface area contributed by atoms with E-state index < -0.39 is 5.97 Å². The predicted molar refractivity (Wildman–Crippen MR) is 77.3 cm³/mol. The second-order valence-electron chi connectivity index (χ2n) is 4.18. The summed E-state index contributed by atoms with van der Waals surface area (Å²) in [6.45, 7) is 3.62. The Morgan fingerprint density at radius 2 is 1.95 bits per heavy atom. The number of esters is 1. The molecule has 0 spiro atoms. The number of anilines is 1. The monoisotopic (exact) mass is 290 g/mol. The molecule has 2 rings (SSSR count). The van der Waals surface area contributed by atoms with Gasteiger partial charge in [-0.15, -0.1) is 11.3 Å². The maximum atomic E-state index is 12.1. The molecule has 0 aliphatic carbocycles. The summed E-state index contributed by atoms with van der Waals surface area (Å²) in [5.74, 6) is -0.747. The molecule has 0 radical (unpaired) electrons. The van der Waals surface area contributed by atoms with E-state index in [1.54, 1.807) is 19.1 Å². The van der Waals surface area contributed by atoms with E-state index in [2.05, 4.69) is 15.0 Å². The van der Waals surface area contributed by atoms with Crippen molar-refractivity contribution < 1.29 is 14.3 Å². The first kappa shape index (κ1) is 14.2. The van der Waals surface area contributed by atoms with Crippen LogP contribution in [0.2, 0.25) is 0 Å². The van der Waals surface area contributed by atoms with Crippen molar-refractivity contribution in [3.05, 3.63) is 46.0 Å². The fourth-order valence-corrected chi connectivity index (χ4v) is 2.52. The molecule has 6 heteroatoms. The number of carbonyl (C=O) groups excluding carboxylic acids is 2. The molecule has 104 valence electrons. The molecule has 0 unspecified atom stereocenters. The highest BCUT2D eigenvalue weighted by atomic mass is 32.1. The molecule has 0 saturated carbocycles. The summed E-state index contributed by atoms with van der Waals surface area (Å²) in [6, 6.07) is 7.28. The fraction of sp³-hybridized carbons (Fsp3) is 0.214. The average Bonchev–Trinajstić information content (AvgIpc) is 2.79. The van der Waals surface area contributed by atoms with Gasteiger partial charge in [-0.2, -0.15) is 0 Å². The van der Waals surface area contributed by atoms with Gasteiger partial charge >= 0.3 is 5.97 Å². The highest BCUT2D eigenvalue weighted by molar-refractivity contribution is 7.16. The van der Waals surface area contributed by atoms with Crippen LogP contribution in [-0.4, -0.2) is 24.0 Å². The number of hydrogen-bond acceptors (Lipinski definition) is 5. The van der Waals surface area contributed by atoms with Crippen molar-refractivity contribution in [2.24, 2.45) is 0 Å². The number of amides is 1. The molecule has 0 aliphatic heterocycles. The van der Waals surface area contributed by atoms with E-state index in [4.69, 9.17) is 0 Å². The number of carbonyl (C=O) groups is 2. The van der Waals surface area contributed by atoms with Crippen molar-refractivity contribution in [1.29, 1.82) is 0 Å². The summed E-state index contributed by atoms with van der Waals surface area (Å²) >= 11 is 1.24. The van der Waals surface area contributed by atoms with Crippen LogP contribution < -0.4 is 5.32 Å². The van der Waals surface area contributed by atoms with Gasteiger partial charge in [-0.25, -0.2) is 9.78 Å². The molecular formula is C14H14N2O3S. The van der Waals surface area contributed by atoms with E-state index in [1.165, 1.54) is 18.4 Å². The maximum absolute atomic E-state index is 12.1. The quantitative estimate of drug-likeness (QED) is 0.883. The second kappa shape index (κ2) is 5.83. The zero-order valence-corrected chi connectivity index (χ0v) is 12.2. The molecule has 0 saturated heterocycles. The number of thiazole rings is 1. The summed E-state index contributed by atoms with van der Waals surface area (Å²) in [7, 11) is 1.30. The number of ether oxygens (including phenoxy) is 1. The van der Waals surface area contributed by atoms with Gasteiger partial charge in [-0.1, -0.05) is 18.2 Å². The summed E-state index contributed by atoms with van der Waals surface area (Å²) < 4.78 is 4.63. The first-order chi connectivity index (χ1) is 9.52. The van der Waals surface area contributed by atoms with Crippen LogP contribution in [0.1, 0.15) is 31.3 Å². The Bertz CT molecular complexity index is 664. The number of hydrogen-bond donors (Lipinski definition) is 1. The van der Waals surface area contributed by atoms with E-state index in [9.17, 15) is 9.59 Å². The predicted octanol–water partition coefficient (Wildman–Crippen LogP) is 2.80. The van der Waals surface area contributed by atoms with Crippen molar-refractivity contribution >= 4 is 28.3 Å². The SMILES string of the molecule is COC(=O)c1nc(NC(=O)c2ccccc2C)sc1C. The van der Waals surface area contributed by atoms with E-state index in [0.717, 1.165) is 5.56 Å². The molecule has 1 heterocycles. The van der Waals surface area contributed by atoms with Crippen molar-refractivity contribution in [1.82, 2.24) is 4.98 Å². The topological polar surface area (TPSA) is 68.3 Å². The molecule has 2 aromatic rings. The van der Waals surface area contributed by atoms with Gasteiger partial charge in [0.15, 0.2) is 10.8 Å². The molecule has 0 aliphatic rings. The summed E-state index contributed by atoms with van der Waals surface area (Å²) in [5, 5.41) is 3.09. The number of benzene rings is 1. The fourth-order valence-electron chi connectivity index (χ4n) is 1.73. The molecule has 0 atom stereocenters. The number of methoxy groups -OCH3 is 1. The molecule has 0 fully saturated rings. The van der Waals surface area contributed by atoms with Gasteiger partial charge in [0.2, 0.25) is 0 Å². The van der Waals surface area contributed by atoms with Gasteiger partial charge in [0.05, 0.1) is 7.11 Å². The lowest BCUT2D eigenvalue weighted by Gasteiger charge is -2.04. The summed E-state index contributed by atoms with van der Waals surface area (Å²) in [6.07, 6.45) is 0. The molecule has 0 bridgehead atoms. The molecule has 1 aromatic heterocycles. The van der Waals surface area contributed by atoms with Crippen LogP contribution in [0.4, 0.5) is 5.13 Å². The zero-order chi connectivity index (χ0) is 14.7. The lowest BCUT2D eigenvalue weighted by molar-refractivity contribution is 0.0594. The smallest absolute Gasteiger partial charge is 0.357 e. The third kappa shape index (κ3) is 2.85. The third-order valence-electron chi connectivity index (χ3n) is 2.79. The average molecular weight is 290 g/mol. The molecule has 5 nitrogen and oxygen atoms in total. The van der Waals surface area contributed by atoms with Crippen LogP contribution in [0.5, 0.6) is 0 Å². The summed E-state index contributed by atoms with van der Waals surface area (Å²) in [5.41, 5.74) is 1.70. The Labute approximate surface area is 120 Å². The van der Waals surface area contributed by atoms with Gasteiger partial charge in [0, 0.05) is 10.4 Å². The normalized spacial score (nSPS) is 10.2. The standard InChI is InChI=1S/C14H14N2O3S/c1-8-6-4-5-7-10(8)12(17)16-14-15-11(9(2)20-14)13(18)19-3/h4-7H,1-3H3,(H,15,16,17). The van der Waals surface area contributed by atoms with Crippen LogP contribution in [0.25, 0.3) is 0 Å². The van der Waals surface area contributed by atoms with Crippen LogP contribution in [-0.2, 0) is 4.74 Å². The zero-order valence-electron chi connectivity index (χ0n) is 11.4. The second-order valence-corrected chi connectivity index (χ2v) is 5.39. The van der Waals surface area contributed by atoms with Gasteiger partial charge in [-0.05, 0) is 25.5 Å². The van der Waals surface area contributed by atoms with Gasteiger partial charge in [0.1, 0.15) is 0 Å². The van der Waals surface area contributed by atoms with E-state index in [0.29, 0.717) is 15.6 Å². The number of rotatable bonds is 3. The van der Waals surface area contributed by atoms with Crippen LogP contribution >= 0.6 is 11.3 Å². The minimum atomic E-state index is -0.504. The molecule has 20 heavy (non-hydrogen) atoms. The summed E-state index contributed by atoms with van der Waals surface area (Å²) in [4.78, 5) is 28.4. The number of nitrogens with one attached hydrogen (secondary N) is 1. The Morgan fingerprint density at radius 1 is 1.25 bits per heavy atom. The Kier molecular flexibility index (Phi) is 4.14. The first-order valence-corrected chi connectivity index (χ1v) is 6.77. The number of aryl methyl sites for hydroxylation is 2. The van der Waals surface area contributed by atoms with Crippen LogP contribution in [0, 0.1) is 13.8 Å². The lowest BCUT2D eigenvalue weighted by atomic mass is 10.1. The van der Waals surface area contributed by atoms with E-state index in [1.807, 2.05) is 19.1 Å².